The first-order valence-electron chi connectivity index (χ1n) is 13.6. The highest BCUT2D eigenvalue weighted by atomic mass is 35.5. The summed E-state index contributed by atoms with van der Waals surface area (Å²) in [6, 6.07) is 20.9. The van der Waals surface area contributed by atoms with E-state index in [1.54, 1.807) is 18.2 Å². The second kappa shape index (κ2) is 12.9. The molecule has 2 heterocycles. The van der Waals surface area contributed by atoms with Crippen LogP contribution >= 0.6 is 23.2 Å². The number of nitrogens with zero attached hydrogens (tertiary/aromatic N) is 1. The van der Waals surface area contributed by atoms with Gasteiger partial charge < -0.3 is 20.3 Å². The molecule has 0 spiro atoms. The second-order valence-corrected chi connectivity index (χ2v) is 11.1. The lowest BCUT2D eigenvalue weighted by Gasteiger charge is -2.35. The summed E-state index contributed by atoms with van der Waals surface area (Å²) in [5, 5.41) is 6.66. The molecule has 0 saturated carbocycles. The Morgan fingerprint density at radius 3 is 2.41 bits per heavy atom. The van der Waals surface area contributed by atoms with Crippen LogP contribution in [0.3, 0.4) is 0 Å². The fourth-order valence-corrected chi connectivity index (χ4v) is 5.87. The van der Waals surface area contributed by atoms with Gasteiger partial charge in [-0.3, -0.25) is 9.59 Å². The maximum atomic E-state index is 13.4. The molecular formula is C31H33Cl2N3O3. The number of hydrogen-bond acceptors (Lipinski definition) is 4. The van der Waals surface area contributed by atoms with Gasteiger partial charge in [-0.05, 0) is 80.0 Å². The number of amides is 2. The van der Waals surface area contributed by atoms with Crippen molar-refractivity contribution in [2.75, 3.05) is 36.5 Å². The van der Waals surface area contributed by atoms with E-state index in [1.165, 1.54) is 11.6 Å². The molecule has 3 aromatic rings. The van der Waals surface area contributed by atoms with Crippen LogP contribution in [0.15, 0.2) is 66.7 Å². The Morgan fingerprint density at radius 1 is 0.897 bits per heavy atom. The SMILES string of the molecule is O=C(Nc1ccc(N2CCC(Cc3ccccc3)CC2)c(C(=O)NCC2CCCO2)c1)c1ccc(Cl)cc1Cl. The summed E-state index contributed by atoms with van der Waals surface area (Å²) in [5.74, 6) is 0.0764. The molecule has 2 N–H and O–H groups in total. The predicted octanol–water partition coefficient (Wildman–Crippen LogP) is 6.61. The van der Waals surface area contributed by atoms with Gasteiger partial charge in [-0.1, -0.05) is 53.5 Å². The Kier molecular flexibility index (Phi) is 9.07. The highest BCUT2D eigenvalue weighted by Gasteiger charge is 2.25. The zero-order valence-electron chi connectivity index (χ0n) is 21.8. The van der Waals surface area contributed by atoms with Crippen LogP contribution in [-0.2, 0) is 11.2 Å². The Labute approximate surface area is 239 Å². The molecule has 8 heteroatoms. The van der Waals surface area contributed by atoms with Crippen LogP contribution in [-0.4, -0.2) is 44.2 Å². The first kappa shape index (κ1) is 27.5. The Hall–Kier alpha value is -3.06. The monoisotopic (exact) mass is 565 g/mol. The average molecular weight is 567 g/mol. The topological polar surface area (TPSA) is 70.7 Å². The third kappa shape index (κ3) is 7.13. The molecular weight excluding hydrogens is 533 g/mol. The van der Waals surface area contributed by atoms with E-state index in [4.69, 9.17) is 27.9 Å². The van der Waals surface area contributed by atoms with Gasteiger partial charge in [0.25, 0.3) is 11.8 Å². The Bertz CT molecular complexity index is 1300. The number of halogens is 2. The Balaban J connectivity index is 1.32. The van der Waals surface area contributed by atoms with Crippen molar-refractivity contribution in [2.45, 2.75) is 38.2 Å². The highest BCUT2D eigenvalue weighted by molar-refractivity contribution is 6.37. The van der Waals surface area contributed by atoms with Gasteiger partial charge in [-0.2, -0.15) is 0 Å². The number of rotatable bonds is 8. The first-order chi connectivity index (χ1) is 19.0. The zero-order valence-corrected chi connectivity index (χ0v) is 23.3. The van der Waals surface area contributed by atoms with Crippen molar-refractivity contribution in [3.63, 3.8) is 0 Å². The lowest BCUT2D eigenvalue weighted by molar-refractivity contribution is 0.0858. The van der Waals surface area contributed by atoms with Gasteiger partial charge in [-0.25, -0.2) is 0 Å². The molecule has 6 nitrogen and oxygen atoms in total. The third-order valence-corrected chi connectivity index (χ3v) is 8.06. The normalized spacial score (nSPS) is 17.7. The van der Waals surface area contributed by atoms with E-state index in [9.17, 15) is 9.59 Å². The fourth-order valence-electron chi connectivity index (χ4n) is 5.38. The van der Waals surface area contributed by atoms with E-state index >= 15 is 0 Å². The van der Waals surface area contributed by atoms with E-state index in [1.807, 2.05) is 18.2 Å². The summed E-state index contributed by atoms with van der Waals surface area (Å²) in [6.45, 7) is 2.94. The van der Waals surface area contributed by atoms with Gasteiger partial charge in [0.05, 0.1) is 22.3 Å². The molecule has 0 aliphatic carbocycles. The van der Waals surface area contributed by atoms with Crippen LogP contribution in [0, 0.1) is 5.92 Å². The van der Waals surface area contributed by atoms with Crippen molar-refractivity contribution < 1.29 is 14.3 Å². The van der Waals surface area contributed by atoms with E-state index in [0.717, 1.165) is 57.5 Å². The maximum Gasteiger partial charge on any atom is 0.257 e. The molecule has 3 aromatic carbocycles. The summed E-state index contributed by atoms with van der Waals surface area (Å²) < 4.78 is 5.69. The number of nitrogens with one attached hydrogen (secondary N) is 2. The molecule has 1 atom stereocenters. The number of carbonyl (C=O) groups excluding carboxylic acids is 2. The molecule has 2 fully saturated rings. The van der Waals surface area contributed by atoms with Crippen LogP contribution in [0.1, 0.15) is 52.0 Å². The molecule has 2 aliphatic heterocycles. The first-order valence-corrected chi connectivity index (χ1v) is 14.3. The van der Waals surface area contributed by atoms with Crippen molar-refractivity contribution in [1.82, 2.24) is 5.32 Å². The zero-order chi connectivity index (χ0) is 27.2. The number of carbonyl (C=O) groups is 2. The van der Waals surface area contributed by atoms with Crippen molar-refractivity contribution in [1.29, 1.82) is 0 Å². The van der Waals surface area contributed by atoms with Gasteiger partial charge >= 0.3 is 0 Å². The summed E-state index contributed by atoms with van der Waals surface area (Å²) in [4.78, 5) is 28.6. The minimum absolute atomic E-state index is 0.0427. The summed E-state index contributed by atoms with van der Waals surface area (Å²) in [7, 11) is 0. The minimum atomic E-state index is -0.364. The molecule has 39 heavy (non-hydrogen) atoms. The lowest BCUT2D eigenvalue weighted by Crippen LogP contribution is -2.37. The van der Waals surface area contributed by atoms with Crippen LogP contribution in [0.25, 0.3) is 0 Å². The van der Waals surface area contributed by atoms with Crippen LogP contribution in [0.5, 0.6) is 0 Å². The summed E-state index contributed by atoms with van der Waals surface area (Å²) >= 11 is 12.2. The highest BCUT2D eigenvalue weighted by Crippen LogP contribution is 2.31. The van der Waals surface area contributed by atoms with E-state index in [-0.39, 0.29) is 22.9 Å². The van der Waals surface area contributed by atoms with Gasteiger partial charge in [0, 0.05) is 42.6 Å². The number of anilines is 2. The third-order valence-electron chi connectivity index (χ3n) is 7.51. The number of benzene rings is 3. The van der Waals surface area contributed by atoms with Crippen molar-refractivity contribution >= 4 is 46.4 Å². The molecule has 5 rings (SSSR count). The van der Waals surface area contributed by atoms with Crippen LogP contribution in [0.4, 0.5) is 11.4 Å². The molecule has 2 aliphatic rings. The van der Waals surface area contributed by atoms with Crippen LogP contribution in [0.2, 0.25) is 10.0 Å². The lowest BCUT2D eigenvalue weighted by atomic mass is 9.89. The minimum Gasteiger partial charge on any atom is -0.376 e. The fraction of sp³-hybridized carbons (Fsp3) is 0.355. The number of piperidine rings is 1. The summed E-state index contributed by atoms with van der Waals surface area (Å²) in [6.07, 6.45) is 5.18. The number of hydrogen-bond donors (Lipinski definition) is 2. The van der Waals surface area contributed by atoms with Crippen molar-refractivity contribution in [3.8, 4) is 0 Å². The van der Waals surface area contributed by atoms with Crippen molar-refractivity contribution in [3.05, 3.63) is 93.5 Å². The van der Waals surface area contributed by atoms with Gasteiger partial charge in [0.1, 0.15) is 0 Å². The molecule has 0 aromatic heterocycles. The predicted molar refractivity (Wildman–Crippen MR) is 157 cm³/mol. The quantitative estimate of drug-likeness (QED) is 0.322. The average Bonchev–Trinajstić information content (AvgIpc) is 3.46. The van der Waals surface area contributed by atoms with Crippen LogP contribution < -0.4 is 15.5 Å². The Morgan fingerprint density at radius 2 is 1.69 bits per heavy atom. The maximum absolute atomic E-state index is 13.4. The van der Waals surface area contributed by atoms with E-state index in [0.29, 0.717) is 34.3 Å². The van der Waals surface area contributed by atoms with Crippen molar-refractivity contribution in [2.24, 2.45) is 5.92 Å². The van der Waals surface area contributed by atoms with Gasteiger partial charge in [0.15, 0.2) is 0 Å². The van der Waals surface area contributed by atoms with Gasteiger partial charge in [-0.15, -0.1) is 0 Å². The smallest absolute Gasteiger partial charge is 0.257 e. The molecule has 0 radical (unpaired) electrons. The number of ether oxygens (including phenoxy) is 1. The standard InChI is InChI=1S/C31H33Cl2N3O3/c32-23-8-10-26(28(33)18-23)31(38)35-24-9-11-29(27(19-24)30(37)34-20-25-7-4-16-39-25)36-14-12-22(13-15-36)17-21-5-2-1-3-6-21/h1-3,5-6,8-11,18-19,22,25H,4,7,12-17,20H2,(H,34,37)(H,35,38). The molecule has 2 amide bonds. The molecule has 0 bridgehead atoms. The molecule has 1 unspecified atom stereocenters. The van der Waals surface area contributed by atoms with E-state index in [2.05, 4.69) is 39.8 Å². The van der Waals surface area contributed by atoms with Gasteiger partial charge in [0.2, 0.25) is 0 Å². The molecule has 204 valence electrons. The largest absolute Gasteiger partial charge is 0.376 e. The molecule has 2 saturated heterocycles. The summed E-state index contributed by atoms with van der Waals surface area (Å²) in [5.41, 5.74) is 3.62. The van der Waals surface area contributed by atoms with E-state index < -0.39 is 0 Å². The second-order valence-electron chi connectivity index (χ2n) is 10.3.